The van der Waals surface area contributed by atoms with Gasteiger partial charge in [0.15, 0.2) is 0 Å². The van der Waals surface area contributed by atoms with Gasteiger partial charge in [-0.25, -0.2) is 4.68 Å². The van der Waals surface area contributed by atoms with Crippen LogP contribution in [0.5, 0.6) is 0 Å². The molecule has 1 heterocycles. The van der Waals surface area contributed by atoms with E-state index in [1.165, 1.54) is 27.3 Å². The number of carbonyl (C=O) groups excluding carboxylic acids is 1. The number of amides is 1. The minimum atomic E-state index is -0.370. The number of benzene rings is 2. The Morgan fingerprint density at radius 3 is 2.27 bits per heavy atom. The first-order valence-corrected chi connectivity index (χ1v) is 10.5. The smallest absolute Gasteiger partial charge is 0.276 e. The number of carbonyl (C=O) groups is 1. The molecule has 0 aliphatic heterocycles. The van der Waals surface area contributed by atoms with E-state index in [0.717, 1.165) is 4.90 Å². The van der Waals surface area contributed by atoms with E-state index >= 15 is 0 Å². The van der Waals surface area contributed by atoms with Crippen LogP contribution in [0.25, 0.3) is 0 Å². The molecule has 0 aliphatic carbocycles. The average Bonchev–Trinajstić information content (AvgIpc) is 2.75. The molecule has 30 heavy (non-hydrogen) atoms. The molecule has 0 saturated carbocycles. The summed E-state index contributed by atoms with van der Waals surface area (Å²) in [6.45, 7) is 5.00. The van der Waals surface area contributed by atoms with Crippen molar-refractivity contribution in [1.29, 1.82) is 0 Å². The SMILES string of the molecule is COCCn1nc(C(=O)Nc2ccc(Sc3ccc(C(C)C)cc3)cc2)ccc1=O. The first kappa shape index (κ1) is 21.8. The van der Waals surface area contributed by atoms with E-state index in [0.29, 0.717) is 24.8 Å². The van der Waals surface area contributed by atoms with E-state index in [1.807, 2.05) is 24.3 Å². The maximum Gasteiger partial charge on any atom is 0.276 e. The van der Waals surface area contributed by atoms with Crippen LogP contribution in [0.3, 0.4) is 0 Å². The lowest BCUT2D eigenvalue weighted by Gasteiger charge is -2.09. The summed E-state index contributed by atoms with van der Waals surface area (Å²) in [4.78, 5) is 26.5. The second-order valence-electron chi connectivity index (χ2n) is 7.08. The van der Waals surface area contributed by atoms with Crippen LogP contribution in [0.2, 0.25) is 0 Å². The molecular weight excluding hydrogens is 398 g/mol. The lowest BCUT2D eigenvalue weighted by atomic mass is 10.0. The second kappa shape index (κ2) is 10.2. The Balaban J connectivity index is 1.64. The first-order chi connectivity index (χ1) is 14.5. The van der Waals surface area contributed by atoms with E-state index < -0.39 is 0 Å². The molecule has 2 aromatic carbocycles. The molecule has 0 unspecified atom stereocenters. The van der Waals surface area contributed by atoms with E-state index in [1.54, 1.807) is 18.9 Å². The van der Waals surface area contributed by atoms with Crippen molar-refractivity contribution in [3.63, 3.8) is 0 Å². The number of aromatic nitrogens is 2. The summed E-state index contributed by atoms with van der Waals surface area (Å²) in [5, 5.41) is 6.92. The van der Waals surface area contributed by atoms with Crippen molar-refractivity contribution < 1.29 is 9.53 Å². The van der Waals surface area contributed by atoms with Crippen molar-refractivity contribution in [3.05, 3.63) is 82.3 Å². The van der Waals surface area contributed by atoms with Crippen molar-refractivity contribution in [3.8, 4) is 0 Å². The lowest BCUT2D eigenvalue weighted by Crippen LogP contribution is -2.27. The normalized spacial score (nSPS) is 10.9. The van der Waals surface area contributed by atoms with Crippen molar-refractivity contribution in [1.82, 2.24) is 9.78 Å². The van der Waals surface area contributed by atoms with Gasteiger partial charge in [-0.2, -0.15) is 5.10 Å². The van der Waals surface area contributed by atoms with Crippen LogP contribution in [0.15, 0.2) is 75.2 Å². The minimum absolute atomic E-state index is 0.175. The maximum absolute atomic E-state index is 12.5. The van der Waals surface area contributed by atoms with Crippen molar-refractivity contribution in [2.75, 3.05) is 19.0 Å². The Bertz CT molecular complexity index is 1040. The van der Waals surface area contributed by atoms with Crippen LogP contribution in [0, 0.1) is 0 Å². The molecule has 1 N–H and O–H groups in total. The number of hydrogen-bond donors (Lipinski definition) is 1. The van der Waals surface area contributed by atoms with Crippen molar-refractivity contribution >= 4 is 23.4 Å². The summed E-state index contributed by atoms with van der Waals surface area (Å²) in [6, 6.07) is 18.9. The molecule has 156 valence electrons. The zero-order valence-electron chi connectivity index (χ0n) is 17.3. The summed E-state index contributed by atoms with van der Waals surface area (Å²) in [7, 11) is 1.55. The molecule has 0 fully saturated rings. The molecule has 7 heteroatoms. The van der Waals surface area contributed by atoms with Gasteiger partial charge in [-0.05, 0) is 53.9 Å². The first-order valence-electron chi connectivity index (χ1n) is 9.72. The van der Waals surface area contributed by atoms with Gasteiger partial charge in [-0.15, -0.1) is 0 Å². The summed E-state index contributed by atoms with van der Waals surface area (Å²) < 4.78 is 6.19. The fourth-order valence-corrected chi connectivity index (χ4v) is 3.58. The number of methoxy groups -OCH3 is 1. The van der Waals surface area contributed by atoms with Gasteiger partial charge in [0.05, 0.1) is 13.2 Å². The largest absolute Gasteiger partial charge is 0.383 e. The fourth-order valence-electron chi connectivity index (χ4n) is 2.77. The van der Waals surface area contributed by atoms with Gasteiger partial charge in [-0.3, -0.25) is 9.59 Å². The van der Waals surface area contributed by atoms with E-state index in [4.69, 9.17) is 4.74 Å². The minimum Gasteiger partial charge on any atom is -0.383 e. The molecular formula is C23H25N3O3S. The number of hydrogen-bond acceptors (Lipinski definition) is 5. The molecule has 0 spiro atoms. The molecule has 0 radical (unpaired) electrons. The van der Waals surface area contributed by atoms with Gasteiger partial charge in [0.2, 0.25) is 0 Å². The summed E-state index contributed by atoms with van der Waals surface area (Å²) in [6.07, 6.45) is 0. The number of rotatable bonds is 8. The van der Waals surface area contributed by atoms with Crippen LogP contribution in [0.4, 0.5) is 5.69 Å². The van der Waals surface area contributed by atoms with Crippen LogP contribution in [0.1, 0.15) is 35.8 Å². The number of anilines is 1. The van der Waals surface area contributed by atoms with Gasteiger partial charge in [-0.1, -0.05) is 37.7 Å². The highest BCUT2D eigenvalue weighted by Crippen LogP contribution is 2.29. The van der Waals surface area contributed by atoms with Gasteiger partial charge in [0, 0.05) is 28.7 Å². The topological polar surface area (TPSA) is 73.2 Å². The third-order valence-electron chi connectivity index (χ3n) is 4.50. The maximum atomic E-state index is 12.5. The zero-order chi connectivity index (χ0) is 21.5. The highest BCUT2D eigenvalue weighted by Gasteiger charge is 2.10. The molecule has 1 amide bonds. The van der Waals surface area contributed by atoms with Gasteiger partial charge in [0.25, 0.3) is 11.5 Å². The van der Waals surface area contributed by atoms with Crippen molar-refractivity contribution in [2.45, 2.75) is 36.1 Å². The quantitative estimate of drug-likeness (QED) is 0.581. The fraction of sp³-hybridized carbons (Fsp3) is 0.261. The summed E-state index contributed by atoms with van der Waals surface area (Å²) >= 11 is 1.67. The van der Waals surface area contributed by atoms with Gasteiger partial charge >= 0.3 is 0 Å². The summed E-state index contributed by atoms with van der Waals surface area (Å²) in [5.41, 5.74) is 1.89. The van der Waals surface area contributed by atoms with E-state index in [-0.39, 0.29) is 17.2 Å². The van der Waals surface area contributed by atoms with Crippen LogP contribution >= 0.6 is 11.8 Å². The number of nitrogens with one attached hydrogen (secondary N) is 1. The molecule has 0 saturated heterocycles. The van der Waals surface area contributed by atoms with E-state index in [2.05, 4.69) is 48.5 Å². The second-order valence-corrected chi connectivity index (χ2v) is 8.22. The van der Waals surface area contributed by atoms with Gasteiger partial charge in [0.1, 0.15) is 5.69 Å². The Kier molecular flexibility index (Phi) is 7.43. The van der Waals surface area contributed by atoms with Crippen LogP contribution < -0.4 is 10.9 Å². The molecule has 3 aromatic rings. The Morgan fingerprint density at radius 2 is 1.67 bits per heavy atom. The zero-order valence-corrected chi connectivity index (χ0v) is 18.1. The number of nitrogens with zero attached hydrogens (tertiary/aromatic N) is 2. The van der Waals surface area contributed by atoms with Crippen molar-refractivity contribution in [2.24, 2.45) is 0 Å². The highest BCUT2D eigenvalue weighted by atomic mass is 32.2. The molecule has 0 aliphatic rings. The average molecular weight is 424 g/mol. The van der Waals surface area contributed by atoms with Crippen LogP contribution in [-0.2, 0) is 11.3 Å². The molecule has 0 atom stereocenters. The number of ether oxygens (including phenoxy) is 1. The predicted octanol–water partition coefficient (Wildman–Crippen LogP) is 4.42. The molecule has 6 nitrogen and oxygen atoms in total. The monoisotopic (exact) mass is 423 g/mol. The Hall–Kier alpha value is -2.90. The lowest BCUT2D eigenvalue weighted by molar-refractivity contribution is 0.101. The Morgan fingerprint density at radius 1 is 1.03 bits per heavy atom. The van der Waals surface area contributed by atoms with Gasteiger partial charge < -0.3 is 10.1 Å². The van der Waals surface area contributed by atoms with Crippen LogP contribution in [-0.4, -0.2) is 29.4 Å². The highest BCUT2D eigenvalue weighted by molar-refractivity contribution is 7.99. The van der Waals surface area contributed by atoms with E-state index in [9.17, 15) is 9.59 Å². The third kappa shape index (κ3) is 5.81. The molecule has 1 aromatic heterocycles. The standard InChI is InChI=1S/C23H25N3O3S/c1-16(2)17-4-8-19(9-5-17)30-20-10-6-18(7-11-20)24-23(28)21-12-13-22(27)26(25-21)14-15-29-3/h4-13,16H,14-15H2,1-3H3,(H,24,28). The third-order valence-corrected chi connectivity index (χ3v) is 5.52. The summed E-state index contributed by atoms with van der Waals surface area (Å²) in [5.74, 6) is 0.145. The molecule has 0 bridgehead atoms. The molecule has 3 rings (SSSR count). The Labute approximate surface area is 180 Å². The predicted molar refractivity (Wildman–Crippen MR) is 119 cm³/mol.